The number of hydrogen-bond donors (Lipinski definition) is 2. The topological polar surface area (TPSA) is 108 Å². The highest BCUT2D eigenvalue weighted by molar-refractivity contribution is 9.10. The van der Waals surface area contributed by atoms with Crippen LogP contribution in [0.4, 0.5) is 10.5 Å². The van der Waals surface area contributed by atoms with Crippen LogP contribution in [-0.4, -0.2) is 24.6 Å². The number of rotatable bonds is 7. The molecule has 0 aliphatic heterocycles. The van der Waals surface area contributed by atoms with Gasteiger partial charge in [0, 0.05) is 10.2 Å². The van der Waals surface area contributed by atoms with Crippen LogP contribution >= 0.6 is 15.9 Å². The van der Waals surface area contributed by atoms with Gasteiger partial charge in [-0.15, -0.1) is 0 Å². The van der Waals surface area contributed by atoms with Gasteiger partial charge in [-0.2, -0.15) is 0 Å². The van der Waals surface area contributed by atoms with Crippen molar-refractivity contribution in [1.29, 1.82) is 0 Å². The highest BCUT2D eigenvalue weighted by Gasteiger charge is 2.22. The normalized spacial score (nSPS) is 11.3. The molecule has 0 bridgehead atoms. The van der Waals surface area contributed by atoms with Crippen molar-refractivity contribution in [3.8, 4) is 0 Å². The quantitative estimate of drug-likeness (QED) is 0.644. The number of carbonyl (C=O) groups is 3. The van der Waals surface area contributed by atoms with Crippen LogP contribution in [0, 0.1) is 0 Å². The van der Waals surface area contributed by atoms with Crippen molar-refractivity contribution in [2.24, 2.45) is 5.73 Å². The van der Waals surface area contributed by atoms with E-state index in [2.05, 4.69) is 21.2 Å². The van der Waals surface area contributed by atoms with Crippen molar-refractivity contribution >= 4 is 39.6 Å². The molecule has 8 heteroatoms. The zero-order chi connectivity index (χ0) is 19.8. The van der Waals surface area contributed by atoms with Crippen LogP contribution in [0.1, 0.15) is 35.4 Å². The van der Waals surface area contributed by atoms with Crippen molar-refractivity contribution in [2.75, 3.05) is 11.9 Å². The molecule has 7 nitrogen and oxygen atoms in total. The number of anilines is 1. The zero-order valence-corrected chi connectivity index (χ0v) is 16.2. The first-order valence-electron chi connectivity index (χ1n) is 8.17. The second-order valence-electron chi connectivity index (χ2n) is 5.52. The lowest BCUT2D eigenvalue weighted by Crippen LogP contribution is -2.19. The molecule has 0 spiro atoms. The maximum atomic E-state index is 12.5. The Kier molecular flexibility index (Phi) is 7.36. The van der Waals surface area contributed by atoms with Crippen molar-refractivity contribution in [3.05, 3.63) is 64.1 Å². The number of primary amides is 1. The molecule has 142 valence electrons. The molecule has 0 aromatic heterocycles. The van der Waals surface area contributed by atoms with E-state index in [1.165, 1.54) is 24.3 Å². The van der Waals surface area contributed by atoms with E-state index in [0.29, 0.717) is 11.3 Å². The number of amides is 2. The number of halogens is 1. The van der Waals surface area contributed by atoms with Crippen LogP contribution in [0.25, 0.3) is 0 Å². The highest BCUT2D eigenvalue weighted by Crippen LogP contribution is 2.26. The summed E-state index contributed by atoms with van der Waals surface area (Å²) in [5.41, 5.74) is 6.44. The van der Waals surface area contributed by atoms with Crippen molar-refractivity contribution in [1.82, 2.24) is 0 Å². The molecule has 2 amide bonds. The van der Waals surface area contributed by atoms with Crippen LogP contribution in [-0.2, 0) is 14.3 Å². The fourth-order valence-electron chi connectivity index (χ4n) is 2.33. The van der Waals surface area contributed by atoms with Gasteiger partial charge in [0.25, 0.3) is 0 Å². The van der Waals surface area contributed by atoms with E-state index in [1.807, 2.05) is 6.07 Å². The molecule has 0 unspecified atom stereocenters. The Morgan fingerprint density at radius 3 is 2.44 bits per heavy atom. The number of esters is 2. The number of urea groups is 1. The van der Waals surface area contributed by atoms with Gasteiger partial charge >= 0.3 is 18.0 Å². The first-order chi connectivity index (χ1) is 12.9. The number of nitrogens with one attached hydrogen (secondary N) is 1. The van der Waals surface area contributed by atoms with E-state index < -0.39 is 24.1 Å². The van der Waals surface area contributed by atoms with E-state index >= 15 is 0 Å². The number of carbonyl (C=O) groups excluding carboxylic acids is 3. The molecular weight excluding hydrogens is 416 g/mol. The van der Waals surface area contributed by atoms with Gasteiger partial charge < -0.3 is 20.5 Å². The van der Waals surface area contributed by atoms with Gasteiger partial charge in [-0.1, -0.05) is 28.1 Å². The average molecular weight is 435 g/mol. The minimum Gasteiger partial charge on any atom is -0.466 e. The van der Waals surface area contributed by atoms with E-state index in [9.17, 15) is 14.4 Å². The van der Waals surface area contributed by atoms with Gasteiger partial charge in [0.05, 0.1) is 18.6 Å². The summed E-state index contributed by atoms with van der Waals surface area (Å²) in [5.74, 6) is -1.06. The van der Waals surface area contributed by atoms with Gasteiger partial charge in [-0.3, -0.25) is 4.79 Å². The van der Waals surface area contributed by atoms with Crippen LogP contribution in [0.2, 0.25) is 0 Å². The van der Waals surface area contributed by atoms with E-state index in [4.69, 9.17) is 15.2 Å². The van der Waals surface area contributed by atoms with Crippen molar-refractivity contribution < 1.29 is 23.9 Å². The Bertz CT molecular complexity index is 823. The highest BCUT2D eigenvalue weighted by atomic mass is 79.9. The minimum absolute atomic E-state index is 0.0999. The van der Waals surface area contributed by atoms with Gasteiger partial charge in [0.2, 0.25) is 0 Å². The first kappa shape index (κ1) is 20.4. The van der Waals surface area contributed by atoms with E-state index in [1.54, 1.807) is 25.1 Å². The molecule has 0 saturated heterocycles. The van der Waals surface area contributed by atoms with Gasteiger partial charge in [0.15, 0.2) is 0 Å². The van der Waals surface area contributed by atoms with Crippen molar-refractivity contribution in [3.63, 3.8) is 0 Å². The molecule has 27 heavy (non-hydrogen) atoms. The number of ether oxygens (including phenoxy) is 2. The second kappa shape index (κ2) is 9.72. The fourth-order valence-corrected chi connectivity index (χ4v) is 2.75. The van der Waals surface area contributed by atoms with E-state index in [0.717, 1.165) is 4.47 Å². The number of benzene rings is 2. The predicted molar refractivity (Wildman–Crippen MR) is 103 cm³/mol. The van der Waals surface area contributed by atoms with Crippen LogP contribution in [0.3, 0.4) is 0 Å². The summed E-state index contributed by atoms with van der Waals surface area (Å²) < 4.78 is 11.3. The van der Waals surface area contributed by atoms with Gasteiger partial charge in [-0.25, -0.2) is 9.59 Å². The molecule has 0 aliphatic rings. The first-order valence-corrected chi connectivity index (χ1v) is 8.97. The molecule has 2 aromatic rings. The summed E-state index contributed by atoms with van der Waals surface area (Å²) in [7, 11) is 0. The zero-order valence-electron chi connectivity index (χ0n) is 14.6. The monoisotopic (exact) mass is 434 g/mol. The second-order valence-corrected chi connectivity index (χ2v) is 6.44. The fraction of sp³-hybridized carbons (Fsp3) is 0.211. The maximum absolute atomic E-state index is 12.5. The third kappa shape index (κ3) is 6.41. The third-order valence-electron chi connectivity index (χ3n) is 3.52. The molecule has 3 N–H and O–H groups in total. The summed E-state index contributed by atoms with van der Waals surface area (Å²) in [6.45, 7) is 1.95. The van der Waals surface area contributed by atoms with Crippen LogP contribution < -0.4 is 11.1 Å². The molecule has 0 heterocycles. The van der Waals surface area contributed by atoms with Gasteiger partial charge in [-0.05, 0) is 48.9 Å². The lowest BCUT2D eigenvalue weighted by atomic mass is 10.1. The SMILES string of the molecule is CCOC(=O)C[C@H](OC(=O)c1ccc(NC(N)=O)cc1)c1cccc(Br)c1. The molecule has 0 fully saturated rings. The smallest absolute Gasteiger partial charge is 0.338 e. The largest absolute Gasteiger partial charge is 0.466 e. The Morgan fingerprint density at radius 2 is 1.85 bits per heavy atom. The van der Waals surface area contributed by atoms with Gasteiger partial charge in [0.1, 0.15) is 6.10 Å². The summed E-state index contributed by atoms with van der Waals surface area (Å²) in [4.78, 5) is 35.2. The molecule has 0 aliphatic carbocycles. The molecule has 0 radical (unpaired) electrons. The molecule has 1 atom stereocenters. The summed E-state index contributed by atoms with van der Waals surface area (Å²) in [6.07, 6.45) is -0.894. The Labute approximate surface area is 165 Å². The Balaban J connectivity index is 2.16. The summed E-state index contributed by atoms with van der Waals surface area (Å²) in [5, 5.41) is 2.40. The molecule has 0 saturated carbocycles. The predicted octanol–water partition coefficient (Wildman–Crippen LogP) is 3.79. The van der Waals surface area contributed by atoms with Crippen molar-refractivity contribution in [2.45, 2.75) is 19.4 Å². The average Bonchev–Trinajstić information content (AvgIpc) is 2.61. The Morgan fingerprint density at radius 1 is 1.15 bits per heavy atom. The van der Waals surface area contributed by atoms with Crippen LogP contribution in [0.5, 0.6) is 0 Å². The number of hydrogen-bond acceptors (Lipinski definition) is 5. The third-order valence-corrected chi connectivity index (χ3v) is 4.01. The maximum Gasteiger partial charge on any atom is 0.338 e. The number of nitrogens with two attached hydrogens (primary N) is 1. The standard InChI is InChI=1S/C19H19BrN2O5/c1-2-26-17(23)11-16(13-4-3-5-14(20)10-13)27-18(24)12-6-8-15(9-7-12)22-19(21)25/h3-10,16H,2,11H2,1H3,(H3,21,22,25)/t16-/m0/s1. The summed E-state index contributed by atoms with van der Waals surface area (Å²) >= 11 is 3.36. The summed E-state index contributed by atoms with van der Waals surface area (Å²) in [6, 6.07) is 12.5. The lowest BCUT2D eigenvalue weighted by Gasteiger charge is -2.18. The molecule has 2 aromatic carbocycles. The molecule has 2 rings (SSSR count). The minimum atomic E-state index is -0.794. The molecular formula is C19H19BrN2O5. The van der Waals surface area contributed by atoms with Crippen LogP contribution in [0.15, 0.2) is 53.0 Å². The Hall–Kier alpha value is -2.87. The lowest BCUT2D eigenvalue weighted by molar-refractivity contribution is -0.145. The van der Waals surface area contributed by atoms with E-state index in [-0.39, 0.29) is 18.6 Å².